The number of nitrogens with zero attached hydrogens (tertiary/aromatic N) is 1. The van der Waals surface area contributed by atoms with Crippen LogP contribution in [-0.4, -0.2) is 53.7 Å². The Morgan fingerprint density at radius 3 is 2.82 bits per heavy atom. The summed E-state index contributed by atoms with van der Waals surface area (Å²) in [6, 6.07) is 6.95. The van der Waals surface area contributed by atoms with E-state index in [1.165, 1.54) is 7.11 Å². The second-order valence-corrected chi connectivity index (χ2v) is 7.42. The quantitative estimate of drug-likeness (QED) is 0.575. The summed E-state index contributed by atoms with van der Waals surface area (Å²) < 4.78 is 10.5. The lowest BCUT2D eigenvalue weighted by molar-refractivity contribution is -0.146. The van der Waals surface area contributed by atoms with E-state index in [-0.39, 0.29) is 24.4 Å². The van der Waals surface area contributed by atoms with Gasteiger partial charge in [-0.1, -0.05) is 25.0 Å². The lowest BCUT2D eigenvalue weighted by Gasteiger charge is -2.49. The Bertz CT molecular complexity index is 742. The number of thiocarbonyl (C=S) groups is 1. The second-order valence-electron chi connectivity index (χ2n) is 7.03. The maximum atomic E-state index is 12.8. The summed E-state index contributed by atoms with van der Waals surface area (Å²) in [6.45, 7) is 2.45. The molecule has 0 bridgehead atoms. The van der Waals surface area contributed by atoms with Crippen molar-refractivity contribution in [1.82, 2.24) is 10.2 Å². The van der Waals surface area contributed by atoms with E-state index in [4.69, 9.17) is 21.7 Å². The molecule has 0 spiro atoms. The van der Waals surface area contributed by atoms with E-state index in [2.05, 4.69) is 10.6 Å². The first-order valence-corrected chi connectivity index (χ1v) is 10.1. The van der Waals surface area contributed by atoms with E-state index in [0.29, 0.717) is 17.5 Å². The number of hydrogen-bond donors (Lipinski definition) is 2. The van der Waals surface area contributed by atoms with Crippen molar-refractivity contribution >= 4 is 34.9 Å². The first-order valence-electron chi connectivity index (χ1n) is 9.73. The summed E-state index contributed by atoms with van der Waals surface area (Å²) in [6.07, 6.45) is 3.93. The van der Waals surface area contributed by atoms with Crippen molar-refractivity contribution in [2.45, 2.75) is 57.2 Å². The molecular formula is C20H27N3O4S. The first-order chi connectivity index (χ1) is 13.5. The maximum absolute atomic E-state index is 12.8. The topological polar surface area (TPSA) is 79.9 Å². The molecule has 28 heavy (non-hydrogen) atoms. The lowest BCUT2D eigenvalue weighted by atomic mass is 9.85. The molecule has 0 radical (unpaired) electrons. The molecule has 3 rings (SSSR count). The van der Waals surface area contributed by atoms with Gasteiger partial charge in [-0.25, -0.2) is 0 Å². The summed E-state index contributed by atoms with van der Waals surface area (Å²) >= 11 is 5.71. The highest BCUT2D eigenvalue weighted by molar-refractivity contribution is 7.80. The van der Waals surface area contributed by atoms with Crippen LogP contribution in [0.1, 0.15) is 39.0 Å². The van der Waals surface area contributed by atoms with E-state index in [9.17, 15) is 9.59 Å². The van der Waals surface area contributed by atoms with E-state index < -0.39 is 12.0 Å². The number of rotatable bonds is 5. The Morgan fingerprint density at radius 2 is 2.07 bits per heavy atom. The van der Waals surface area contributed by atoms with Gasteiger partial charge in [0.05, 0.1) is 31.9 Å². The van der Waals surface area contributed by atoms with Crippen LogP contribution in [0.15, 0.2) is 24.3 Å². The second kappa shape index (κ2) is 9.23. The average molecular weight is 406 g/mol. The highest BCUT2D eigenvalue weighted by Gasteiger charge is 2.45. The van der Waals surface area contributed by atoms with Crippen molar-refractivity contribution in [1.29, 1.82) is 0 Å². The van der Waals surface area contributed by atoms with E-state index in [1.54, 1.807) is 0 Å². The zero-order valence-corrected chi connectivity index (χ0v) is 17.1. The predicted molar refractivity (Wildman–Crippen MR) is 110 cm³/mol. The molecule has 0 aromatic heterocycles. The number of ether oxygens (including phenoxy) is 2. The summed E-state index contributed by atoms with van der Waals surface area (Å²) in [5.74, 6) is 0.0752. The zero-order valence-electron chi connectivity index (χ0n) is 16.3. The van der Waals surface area contributed by atoms with Gasteiger partial charge in [-0.2, -0.15) is 0 Å². The number of benzene rings is 1. The fraction of sp³-hybridized carbons (Fsp3) is 0.550. The van der Waals surface area contributed by atoms with Crippen molar-refractivity contribution in [3.05, 3.63) is 24.3 Å². The Kier molecular flexibility index (Phi) is 6.72. The van der Waals surface area contributed by atoms with Crippen LogP contribution >= 0.6 is 12.2 Å². The van der Waals surface area contributed by atoms with Crippen LogP contribution in [0.5, 0.6) is 5.75 Å². The molecule has 1 saturated heterocycles. The van der Waals surface area contributed by atoms with Gasteiger partial charge in [-0.3, -0.25) is 9.59 Å². The molecule has 1 saturated carbocycles. The molecule has 8 heteroatoms. The Hall–Kier alpha value is -2.35. The van der Waals surface area contributed by atoms with Gasteiger partial charge < -0.3 is 25.0 Å². The molecular weight excluding hydrogens is 378 g/mol. The average Bonchev–Trinajstić information content (AvgIpc) is 2.70. The molecule has 3 atom stereocenters. The summed E-state index contributed by atoms with van der Waals surface area (Å²) in [4.78, 5) is 26.6. The Balaban J connectivity index is 1.87. The number of hydrogen-bond acceptors (Lipinski definition) is 5. The van der Waals surface area contributed by atoms with Gasteiger partial charge in [0.15, 0.2) is 5.11 Å². The molecule has 1 aromatic rings. The summed E-state index contributed by atoms with van der Waals surface area (Å²) in [5.41, 5.74) is 0.740. The van der Waals surface area contributed by atoms with Gasteiger partial charge in [-0.15, -0.1) is 0 Å². The highest BCUT2D eigenvalue weighted by atomic mass is 32.1. The number of piperazine rings is 1. The number of carbonyl (C=O) groups excluding carboxylic acids is 2. The third-order valence-corrected chi connectivity index (χ3v) is 5.62. The van der Waals surface area contributed by atoms with Gasteiger partial charge in [0, 0.05) is 6.04 Å². The van der Waals surface area contributed by atoms with Crippen LogP contribution < -0.4 is 15.4 Å². The van der Waals surface area contributed by atoms with Crippen LogP contribution in [0.4, 0.5) is 5.69 Å². The zero-order chi connectivity index (χ0) is 20.1. The predicted octanol–water partition coefficient (Wildman–Crippen LogP) is 2.46. The molecule has 3 unspecified atom stereocenters. The van der Waals surface area contributed by atoms with Gasteiger partial charge in [-0.05, 0) is 44.1 Å². The van der Waals surface area contributed by atoms with E-state index in [1.807, 2.05) is 36.1 Å². The third-order valence-electron chi connectivity index (χ3n) is 5.30. The van der Waals surface area contributed by atoms with Crippen molar-refractivity contribution in [2.24, 2.45) is 0 Å². The normalized spacial score (nSPS) is 24.0. The monoisotopic (exact) mass is 405 g/mol. The lowest BCUT2D eigenvalue weighted by Crippen LogP contribution is -2.68. The minimum atomic E-state index is -0.689. The number of amides is 1. The summed E-state index contributed by atoms with van der Waals surface area (Å²) in [7, 11) is 1.33. The Labute approximate surface area is 170 Å². The number of carbonyl (C=O) groups is 2. The van der Waals surface area contributed by atoms with E-state index >= 15 is 0 Å². The molecule has 1 aliphatic heterocycles. The van der Waals surface area contributed by atoms with Crippen molar-refractivity contribution < 1.29 is 19.1 Å². The molecule has 7 nitrogen and oxygen atoms in total. The smallest absolute Gasteiger partial charge is 0.308 e. The number of para-hydroxylation sites is 2. The van der Waals surface area contributed by atoms with Crippen LogP contribution in [0.2, 0.25) is 0 Å². The van der Waals surface area contributed by atoms with Crippen LogP contribution in [0.25, 0.3) is 0 Å². The van der Waals surface area contributed by atoms with Crippen molar-refractivity contribution in [3.8, 4) is 5.75 Å². The van der Waals surface area contributed by atoms with Crippen LogP contribution in [-0.2, 0) is 14.3 Å². The van der Waals surface area contributed by atoms with Crippen LogP contribution in [0.3, 0.4) is 0 Å². The van der Waals surface area contributed by atoms with Gasteiger partial charge in [0.2, 0.25) is 5.91 Å². The largest absolute Gasteiger partial charge is 0.492 e. The number of fused-ring (bicyclic) bond motifs is 1. The fourth-order valence-corrected chi connectivity index (χ4v) is 4.38. The standard InChI is InChI=1S/C20H27N3O4S/c1-3-27-17-11-7-5-9-14(17)22-20(28)23-15-10-6-4-8-13(15)21-19(25)16(23)12-18(24)26-2/h5,7,9,11,13,15-16H,3-4,6,8,10,12H2,1-2H3,(H,21,25)(H,22,28). The molecule has 2 N–H and O–H groups in total. The fourth-order valence-electron chi connectivity index (χ4n) is 4.00. The Morgan fingerprint density at radius 1 is 1.32 bits per heavy atom. The number of anilines is 1. The van der Waals surface area contributed by atoms with Gasteiger partial charge in [0.25, 0.3) is 0 Å². The first kappa shape index (κ1) is 20.4. The molecule has 1 amide bonds. The maximum Gasteiger partial charge on any atom is 0.308 e. The molecule has 1 aromatic carbocycles. The molecule has 2 aliphatic rings. The number of nitrogens with one attached hydrogen (secondary N) is 2. The van der Waals surface area contributed by atoms with Crippen molar-refractivity contribution in [3.63, 3.8) is 0 Å². The number of methoxy groups -OCH3 is 1. The van der Waals surface area contributed by atoms with E-state index in [0.717, 1.165) is 31.4 Å². The third kappa shape index (κ3) is 4.38. The highest BCUT2D eigenvalue weighted by Crippen LogP contribution is 2.31. The molecule has 2 fully saturated rings. The minimum absolute atomic E-state index is 0.0389. The molecule has 1 heterocycles. The van der Waals surface area contributed by atoms with Crippen molar-refractivity contribution in [2.75, 3.05) is 19.0 Å². The summed E-state index contributed by atoms with van der Waals surface area (Å²) in [5, 5.41) is 6.74. The SMILES string of the molecule is CCOc1ccccc1NC(=S)N1C(CC(=O)OC)C(=O)NC2CCCCC21. The van der Waals surface area contributed by atoms with Gasteiger partial charge >= 0.3 is 5.97 Å². The molecule has 1 aliphatic carbocycles. The minimum Gasteiger partial charge on any atom is -0.492 e. The number of esters is 1. The van der Waals surface area contributed by atoms with Gasteiger partial charge in [0.1, 0.15) is 11.8 Å². The van der Waals surface area contributed by atoms with Crippen LogP contribution in [0, 0.1) is 0 Å². The molecule has 152 valence electrons.